The van der Waals surface area contributed by atoms with Gasteiger partial charge in [0.2, 0.25) is 5.88 Å². The first-order valence-electron chi connectivity index (χ1n) is 7.25. The van der Waals surface area contributed by atoms with Crippen molar-refractivity contribution in [1.29, 1.82) is 5.26 Å². The van der Waals surface area contributed by atoms with Crippen LogP contribution in [0.15, 0.2) is 47.1 Å². The molecule has 1 aromatic carbocycles. The first-order chi connectivity index (χ1) is 11.5. The number of nitrogens with one attached hydrogen (secondary N) is 1. The molecule has 0 spiro atoms. The number of rotatable bonds is 3. The second-order valence-corrected chi connectivity index (χ2v) is 5.33. The second-order valence-electron chi connectivity index (χ2n) is 5.33. The highest BCUT2D eigenvalue weighted by Crippen LogP contribution is 2.27. The Hall–Kier alpha value is -3.33. The number of aromatic nitrogens is 1. The molecule has 6 heteroatoms. The summed E-state index contributed by atoms with van der Waals surface area (Å²) in [5.74, 6) is -0.216. The van der Waals surface area contributed by atoms with Crippen molar-refractivity contribution in [3.05, 3.63) is 71.0 Å². The largest absolute Gasteiger partial charge is 0.443 e. The molecule has 24 heavy (non-hydrogen) atoms. The highest BCUT2D eigenvalue weighted by Gasteiger charge is 2.24. The maximum Gasteiger partial charge on any atom is 0.260 e. The number of carbonyl (C=O) groups excluding carboxylic acids is 1. The molecule has 0 saturated carbocycles. The molecule has 3 aromatic rings. The summed E-state index contributed by atoms with van der Waals surface area (Å²) >= 11 is 0. The van der Waals surface area contributed by atoms with Crippen molar-refractivity contribution in [2.45, 2.75) is 13.8 Å². The Morgan fingerprint density at radius 3 is 2.62 bits per heavy atom. The van der Waals surface area contributed by atoms with Gasteiger partial charge in [0.05, 0.1) is 0 Å². The van der Waals surface area contributed by atoms with Crippen molar-refractivity contribution < 1.29 is 13.6 Å². The van der Waals surface area contributed by atoms with Crippen LogP contribution >= 0.6 is 0 Å². The fourth-order valence-electron chi connectivity index (χ4n) is 2.51. The van der Waals surface area contributed by atoms with Crippen LogP contribution in [-0.4, -0.2) is 10.5 Å². The zero-order valence-electron chi connectivity index (χ0n) is 13.1. The fourth-order valence-corrected chi connectivity index (χ4v) is 2.51. The van der Waals surface area contributed by atoms with Crippen LogP contribution < -0.4 is 5.32 Å². The number of carbonyl (C=O) groups is 1. The van der Waals surface area contributed by atoms with E-state index in [2.05, 4.69) is 5.32 Å². The number of aryl methyl sites for hydroxylation is 2. The third-order valence-electron chi connectivity index (χ3n) is 3.68. The van der Waals surface area contributed by atoms with E-state index < -0.39 is 5.91 Å². The lowest BCUT2D eigenvalue weighted by Gasteiger charge is -2.08. The highest BCUT2D eigenvalue weighted by molar-refractivity contribution is 6.07. The van der Waals surface area contributed by atoms with Gasteiger partial charge in [0.15, 0.2) is 0 Å². The number of hydrogen-bond donors (Lipinski definition) is 1. The highest BCUT2D eigenvalue weighted by atomic mass is 19.1. The van der Waals surface area contributed by atoms with Crippen LogP contribution in [0.25, 0.3) is 5.88 Å². The maximum atomic E-state index is 13.2. The number of nitriles is 1. The molecule has 0 aliphatic carbocycles. The number of anilines is 1. The van der Waals surface area contributed by atoms with E-state index in [0.29, 0.717) is 22.9 Å². The Balaban J connectivity index is 2.00. The second kappa shape index (κ2) is 6.05. The van der Waals surface area contributed by atoms with Gasteiger partial charge in [-0.25, -0.2) is 4.39 Å². The summed E-state index contributed by atoms with van der Waals surface area (Å²) < 4.78 is 20.4. The van der Waals surface area contributed by atoms with Gasteiger partial charge < -0.3 is 9.73 Å². The molecule has 0 atom stereocenters. The van der Waals surface area contributed by atoms with Crippen LogP contribution in [0.5, 0.6) is 0 Å². The van der Waals surface area contributed by atoms with Gasteiger partial charge in [-0.3, -0.25) is 9.36 Å². The lowest BCUT2D eigenvalue weighted by molar-refractivity contribution is 0.102. The summed E-state index contributed by atoms with van der Waals surface area (Å²) in [6.07, 6.45) is 3.45. The van der Waals surface area contributed by atoms with E-state index in [-0.39, 0.29) is 16.9 Å². The Labute approximate surface area is 137 Å². The molecule has 1 amide bonds. The van der Waals surface area contributed by atoms with Crippen molar-refractivity contribution in [3.63, 3.8) is 0 Å². The van der Waals surface area contributed by atoms with Crippen LogP contribution in [0.2, 0.25) is 0 Å². The molecule has 0 bridgehead atoms. The van der Waals surface area contributed by atoms with Gasteiger partial charge in [-0.1, -0.05) is 0 Å². The zero-order chi connectivity index (χ0) is 17.3. The van der Waals surface area contributed by atoms with Crippen molar-refractivity contribution in [2.24, 2.45) is 0 Å². The van der Waals surface area contributed by atoms with Crippen molar-refractivity contribution in [1.82, 2.24) is 4.57 Å². The fraction of sp³-hybridized carbons (Fsp3) is 0.111. The average molecular weight is 323 g/mol. The van der Waals surface area contributed by atoms with Gasteiger partial charge in [0, 0.05) is 18.1 Å². The van der Waals surface area contributed by atoms with E-state index >= 15 is 0 Å². The van der Waals surface area contributed by atoms with Crippen molar-refractivity contribution in [3.8, 4) is 12.0 Å². The molecular formula is C18H14FN3O2. The summed E-state index contributed by atoms with van der Waals surface area (Å²) in [4.78, 5) is 12.6. The monoisotopic (exact) mass is 323 g/mol. The van der Waals surface area contributed by atoms with E-state index in [1.807, 2.05) is 6.07 Å². The van der Waals surface area contributed by atoms with Gasteiger partial charge in [-0.2, -0.15) is 5.26 Å². The van der Waals surface area contributed by atoms with Crippen LogP contribution in [-0.2, 0) is 0 Å². The normalized spacial score (nSPS) is 10.4. The maximum absolute atomic E-state index is 13.2. The molecule has 0 unspecified atom stereocenters. The third-order valence-corrected chi connectivity index (χ3v) is 3.68. The summed E-state index contributed by atoms with van der Waals surface area (Å²) in [6, 6.07) is 9.69. The third kappa shape index (κ3) is 2.68. The van der Waals surface area contributed by atoms with Crippen molar-refractivity contribution in [2.75, 3.05) is 5.32 Å². The molecule has 0 saturated heterocycles. The number of halogens is 1. The smallest absolute Gasteiger partial charge is 0.260 e. The number of nitrogens with zero attached hydrogens (tertiary/aromatic N) is 2. The van der Waals surface area contributed by atoms with Gasteiger partial charge in [-0.05, 0) is 49.7 Å². The van der Waals surface area contributed by atoms with Crippen LogP contribution in [0.3, 0.4) is 0 Å². The summed E-state index contributed by atoms with van der Waals surface area (Å²) in [5, 5.41) is 12.2. The number of hydrogen-bond acceptors (Lipinski definition) is 3. The lowest BCUT2D eigenvalue weighted by atomic mass is 10.1. The molecule has 2 aromatic heterocycles. The molecule has 120 valence electrons. The van der Waals surface area contributed by atoms with E-state index in [1.165, 1.54) is 18.2 Å². The lowest BCUT2D eigenvalue weighted by Crippen LogP contribution is -2.14. The average Bonchev–Trinajstić information content (AvgIpc) is 3.16. The summed E-state index contributed by atoms with van der Waals surface area (Å²) in [7, 11) is 0. The SMILES string of the molecule is Cc1cc(F)ccc1NC(=O)c1c(C)oc(-n2cccc2)c1C#N. The van der Waals surface area contributed by atoms with Crippen LogP contribution in [0.1, 0.15) is 27.2 Å². The van der Waals surface area contributed by atoms with Crippen molar-refractivity contribution >= 4 is 11.6 Å². The van der Waals surface area contributed by atoms with E-state index in [1.54, 1.807) is 42.9 Å². The number of furan rings is 1. The molecule has 0 fully saturated rings. The molecule has 0 aliphatic heterocycles. The minimum Gasteiger partial charge on any atom is -0.443 e. The van der Waals surface area contributed by atoms with Gasteiger partial charge in [0.1, 0.15) is 28.8 Å². The van der Waals surface area contributed by atoms with Crippen LogP contribution in [0.4, 0.5) is 10.1 Å². The number of amides is 1. The van der Waals surface area contributed by atoms with Gasteiger partial charge in [-0.15, -0.1) is 0 Å². The minimum atomic E-state index is -0.471. The van der Waals surface area contributed by atoms with Gasteiger partial charge >= 0.3 is 0 Å². The molecular weight excluding hydrogens is 309 g/mol. The first kappa shape index (κ1) is 15.6. The Morgan fingerprint density at radius 1 is 1.29 bits per heavy atom. The number of benzene rings is 1. The van der Waals surface area contributed by atoms with E-state index in [9.17, 15) is 14.4 Å². The van der Waals surface area contributed by atoms with E-state index in [0.717, 1.165) is 0 Å². The first-order valence-corrected chi connectivity index (χ1v) is 7.25. The molecule has 5 nitrogen and oxygen atoms in total. The molecule has 0 aliphatic rings. The quantitative estimate of drug-likeness (QED) is 0.793. The Morgan fingerprint density at radius 2 is 2.00 bits per heavy atom. The molecule has 1 N–H and O–H groups in total. The molecule has 2 heterocycles. The minimum absolute atomic E-state index is 0.154. The van der Waals surface area contributed by atoms with Gasteiger partial charge in [0.25, 0.3) is 5.91 Å². The summed E-state index contributed by atoms with van der Waals surface area (Å²) in [5.41, 5.74) is 1.40. The van der Waals surface area contributed by atoms with E-state index in [4.69, 9.17) is 4.42 Å². The summed E-state index contributed by atoms with van der Waals surface area (Å²) in [6.45, 7) is 3.32. The topological polar surface area (TPSA) is 71.0 Å². The molecule has 0 radical (unpaired) electrons. The zero-order valence-corrected chi connectivity index (χ0v) is 13.1. The molecule has 3 rings (SSSR count). The standard InChI is InChI=1S/C18H14FN3O2/c1-11-9-13(19)5-6-15(11)21-17(23)16-12(2)24-18(14(16)10-20)22-7-3-4-8-22/h3-9H,1-2H3,(H,21,23). The van der Waals surface area contributed by atoms with Crippen LogP contribution in [0, 0.1) is 31.0 Å². The Kier molecular flexibility index (Phi) is 3.92. The predicted molar refractivity (Wildman–Crippen MR) is 86.6 cm³/mol. The Bertz CT molecular complexity index is 950. The predicted octanol–water partition coefficient (Wildman–Crippen LogP) is 3.95.